The van der Waals surface area contributed by atoms with Crippen molar-refractivity contribution in [3.63, 3.8) is 0 Å². The van der Waals surface area contributed by atoms with Crippen molar-refractivity contribution in [2.75, 3.05) is 0 Å². The van der Waals surface area contributed by atoms with Gasteiger partial charge in [0.25, 0.3) is 0 Å². The zero-order chi connectivity index (χ0) is 86.8. The van der Waals surface area contributed by atoms with Gasteiger partial charge in [0, 0.05) is 156 Å². The van der Waals surface area contributed by atoms with Crippen molar-refractivity contribution in [1.29, 1.82) is 0 Å². The summed E-state index contributed by atoms with van der Waals surface area (Å²) < 4.78 is 30.3. The van der Waals surface area contributed by atoms with E-state index in [-0.39, 0.29) is 205 Å². The van der Waals surface area contributed by atoms with Crippen LogP contribution in [-0.4, -0.2) is 92.5 Å². The molecular formula is C105H131I3O17. The number of furan rings is 1. The molecule has 5 heterocycles. The molecule has 0 bridgehead atoms. The lowest BCUT2D eigenvalue weighted by Gasteiger charge is -2.56. The zero-order valence-corrected chi connectivity index (χ0v) is 80.3. The summed E-state index contributed by atoms with van der Waals surface area (Å²) in [6.45, 7) is 23.3. The first-order valence-corrected chi connectivity index (χ1v) is 52.1. The Balaban J connectivity index is 0.000000134. The van der Waals surface area contributed by atoms with E-state index in [0.29, 0.717) is 87.9 Å². The third kappa shape index (κ3) is 14.9. The number of aryl methyl sites for hydroxylation is 1. The molecule has 16 aliphatic carbocycles. The number of carbonyl (C=O) groups excluding carboxylic acids is 12. The first-order chi connectivity index (χ1) is 57.8. The lowest BCUT2D eigenvalue weighted by molar-refractivity contribution is -0.162. The van der Waals surface area contributed by atoms with E-state index in [4.69, 9.17) is 23.4 Å². The van der Waals surface area contributed by atoms with Gasteiger partial charge in [-0.05, 0) is 276 Å². The quantitative estimate of drug-likeness (QED) is 0.0808. The SMILES string of the molecule is C.C.CC(=O)/C=C/C(=O)[C@@H]1CC2=CC(=O)CC[C@]2(C)C2=CC[C@@]3(C)[C@@H](CC[C@@]34CCC(=O)O4)[C@@H]21.CC(=O)/C=C\C(=O)[C@@H]1CC2=CC(=O)CC[C@]2(C)C2=CC[C@@]3(C)[C@@H](CC[C@@]34CCC(=O)O4)[C@@H]21.C[C@]12CCC(=O)C=C1C=CC1C2=CC[C@@]2(C)C1CC[C@@]21CCC(=O)O1.Cc1ccc([C@@H]2CC3=CC(=O)CC[C@]3(C)C3=CC[C@@]4(C)[C@@H](CC[C@@]45CCC(=O)O5)[C@@H]32)o1.I.II. The molecule has 20 aliphatic rings. The molecule has 2 unspecified atom stereocenters. The molecule has 1 aromatic heterocycles. The van der Waals surface area contributed by atoms with Gasteiger partial charge in [-0.15, -0.1) is 24.0 Å². The second-order valence-electron chi connectivity index (χ2n) is 42.4. The fourth-order valence-corrected chi connectivity index (χ4v) is 30.2. The average Bonchev–Trinajstić information content (AvgIpc) is 1.60. The Morgan fingerprint density at radius 2 is 0.720 bits per heavy atom. The van der Waals surface area contributed by atoms with Gasteiger partial charge in [0.05, 0.1) is 0 Å². The van der Waals surface area contributed by atoms with E-state index in [1.165, 1.54) is 71.6 Å². The van der Waals surface area contributed by atoms with Crippen LogP contribution >= 0.6 is 61.2 Å². The summed E-state index contributed by atoms with van der Waals surface area (Å²) in [6, 6.07) is 4.20. The smallest absolute Gasteiger partial charge is 0.306 e. The zero-order valence-electron chi connectivity index (χ0n) is 73.6. The van der Waals surface area contributed by atoms with Crippen LogP contribution in [0.3, 0.4) is 0 Å². The van der Waals surface area contributed by atoms with E-state index in [1.807, 2.05) is 19.1 Å². The summed E-state index contributed by atoms with van der Waals surface area (Å²) >= 11 is 4.24. The number of rotatable bonds is 7. The van der Waals surface area contributed by atoms with Crippen molar-refractivity contribution in [3.8, 4) is 0 Å². The number of ketones is 8. The third-order valence-corrected chi connectivity index (χ3v) is 37.2. The van der Waals surface area contributed by atoms with Crippen molar-refractivity contribution >= 4 is 131 Å². The molecule has 4 spiro atoms. The molecule has 23 atom stereocenters. The maximum absolute atomic E-state index is 13.4. The number of fused-ring (bicyclic) bond motifs is 24. The molecule has 17 nitrogen and oxygen atoms in total. The molecule has 4 saturated heterocycles. The fraction of sp³-hybridized carbons (Fsp3) is 0.638. The minimum Gasteiger partial charge on any atom is -0.466 e. The van der Waals surface area contributed by atoms with E-state index in [1.54, 1.807) is 12.2 Å². The summed E-state index contributed by atoms with van der Waals surface area (Å²) in [6.07, 6.45) is 51.5. The van der Waals surface area contributed by atoms with Gasteiger partial charge in [-0.3, -0.25) is 57.5 Å². The van der Waals surface area contributed by atoms with Crippen molar-refractivity contribution < 1.29 is 80.9 Å². The molecule has 674 valence electrons. The van der Waals surface area contributed by atoms with Gasteiger partial charge >= 0.3 is 23.9 Å². The summed E-state index contributed by atoms with van der Waals surface area (Å²) in [5, 5.41) is 0. The first kappa shape index (κ1) is 95.0. The van der Waals surface area contributed by atoms with Gasteiger partial charge in [0.1, 0.15) is 33.9 Å². The van der Waals surface area contributed by atoms with Gasteiger partial charge in [0.2, 0.25) is 0 Å². The first-order valence-electron chi connectivity index (χ1n) is 45.8. The average molecular weight is 2050 g/mol. The van der Waals surface area contributed by atoms with E-state index >= 15 is 0 Å². The predicted octanol–water partition coefficient (Wildman–Crippen LogP) is 22.7. The van der Waals surface area contributed by atoms with E-state index in [0.717, 1.165) is 158 Å². The Bertz CT molecular complexity index is 4940. The maximum atomic E-state index is 13.4. The molecule has 1 aromatic rings. The normalized spacial score (nSPS) is 42.4. The molecule has 4 aliphatic heterocycles. The molecule has 0 radical (unpaired) electrons. The van der Waals surface area contributed by atoms with Crippen LogP contribution in [0.4, 0.5) is 0 Å². The Morgan fingerprint density at radius 3 is 1.07 bits per heavy atom. The van der Waals surface area contributed by atoms with Crippen LogP contribution in [0.25, 0.3) is 0 Å². The summed E-state index contributed by atoms with van der Waals surface area (Å²) in [4.78, 5) is 147. The monoisotopic (exact) mass is 2040 g/mol. The summed E-state index contributed by atoms with van der Waals surface area (Å²) in [7, 11) is 0. The third-order valence-electron chi connectivity index (χ3n) is 37.2. The van der Waals surface area contributed by atoms with E-state index < -0.39 is 11.2 Å². The lowest BCUT2D eigenvalue weighted by Crippen LogP contribution is -2.53. The number of hydrogen-bond donors (Lipinski definition) is 0. The van der Waals surface area contributed by atoms with Crippen molar-refractivity contribution in [2.24, 2.45) is 102 Å². The summed E-state index contributed by atoms with van der Waals surface area (Å²) in [5.41, 5.74) is 8.02. The molecule has 125 heavy (non-hydrogen) atoms. The van der Waals surface area contributed by atoms with Gasteiger partial charge < -0.3 is 23.4 Å². The van der Waals surface area contributed by atoms with Gasteiger partial charge in [-0.25, -0.2) is 0 Å². The number of halogens is 3. The lowest BCUT2D eigenvalue weighted by atomic mass is 9.47. The highest BCUT2D eigenvalue weighted by Crippen LogP contribution is 2.75. The Kier molecular flexibility index (Phi) is 26.0. The van der Waals surface area contributed by atoms with Crippen LogP contribution in [0.1, 0.15) is 301 Å². The fourth-order valence-electron chi connectivity index (χ4n) is 30.2. The molecular weight excluding hydrogens is 1910 g/mol. The number of carbonyl (C=O) groups is 12. The van der Waals surface area contributed by atoms with Crippen molar-refractivity contribution in [3.05, 3.63) is 153 Å². The largest absolute Gasteiger partial charge is 0.466 e. The molecule has 11 fully saturated rings. The number of ether oxygens (including phenoxy) is 4. The Hall–Kier alpha value is -6.15. The molecule has 0 amide bonds. The molecule has 0 aromatic carbocycles. The van der Waals surface area contributed by atoms with Gasteiger partial charge in [0.15, 0.2) is 46.3 Å². The van der Waals surface area contributed by atoms with Crippen molar-refractivity contribution in [1.82, 2.24) is 0 Å². The van der Waals surface area contributed by atoms with Crippen LogP contribution in [0.5, 0.6) is 0 Å². The van der Waals surface area contributed by atoms with Crippen molar-refractivity contribution in [2.45, 2.75) is 318 Å². The molecule has 20 heteroatoms. The highest BCUT2D eigenvalue weighted by Gasteiger charge is 2.72. The Labute approximate surface area is 780 Å². The predicted molar refractivity (Wildman–Crippen MR) is 505 cm³/mol. The standard InChI is InChI=1S/2C27H32O5.C27H32O4.C22H26O3.2CH4.I2.HI/c2*1-16(28)4-5-22(30)19-15-17-14-18(29)6-10-25(17,2)20-7-11-26(3)21(24(19)20)8-12-27(26)13-9-23(31)32-27;1-16-4-5-22(30-16)19-15-17-14-18(28)6-10-25(17,2)20-7-11-26(3)21(24(19)20)8-12-27(26)13-9-23(29)31-27;1-20-9-5-15(23)13-14(20)3-4-16-17(20)6-10-21(2)18(16)7-11-22(21)12-8-19(24)25-22;;;1-2;/h2*4-5,7,14,19,21,24H,6,8-13,15H2,1-3H3;4-5,7,14,19,21,24H,6,8-13,15H2,1-3H3;3-4,6,13,16,18H,5,7-12H2,1-2H3;2*1H4;;1H/b5-4+;5-4-;;;;;;/t3*19-,21-,24+,25-,26-,27+;16?,18?,20-,21-,22+;;;;/m0000..../s1. The molecule has 21 rings (SSSR count). The number of hydrogen-bond acceptors (Lipinski definition) is 17. The van der Waals surface area contributed by atoms with Crippen LogP contribution in [0.15, 0.2) is 146 Å². The van der Waals surface area contributed by atoms with Crippen LogP contribution in [0, 0.1) is 109 Å². The Morgan fingerprint density at radius 1 is 0.392 bits per heavy atom. The van der Waals surface area contributed by atoms with Crippen LogP contribution < -0.4 is 0 Å². The maximum Gasteiger partial charge on any atom is 0.306 e. The van der Waals surface area contributed by atoms with Crippen LogP contribution in [-0.2, 0) is 76.5 Å². The highest BCUT2D eigenvalue weighted by molar-refractivity contribution is 15.0. The van der Waals surface area contributed by atoms with Gasteiger partial charge in [-0.1, -0.05) is 146 Å². The number of allylic oxidation sites excluding steroid dienone is 22. The molecule has 0 N–H and O–H groups in total. The van der Waals surface area contributed by atoms with Gasteiger partial charge in [-0.2, -0.15) is 0 Å². The minimum absolute atomic E-state index is 0. The second-order valence-corrected chi connectivity index (χ2v) is 42.4. The topological polar surface area (TPSA) is 255 Å². The minimum atomic E-state index is -0.431. The van der Waals surface area contributed by atoms with E-state index in [2.05, 4.69) is 141 Å². The number of esters is 4. The van der Waals surface area contributed by atoms with Crippen LogP contribution in [0.2, 0.25) is 0 Å². The molecule has 7 saturated carbocycles. The second kappa shape index (κ2) is 34.2. The highest BCUT2D eigenvalue weighted by atomic mass is 128. The summed E-state index contributed by atoms with van der Waals surface area (Å²) in [5.74, 6) is 4.19. The van der Waals surface area contributed by atoms with E-state index in [9.17, 15) is 57.5 Å².